The lowest BCUT2D eigenvalue weighted by Gasteiger charge is -2.22. The van der Waals surface area contributed by atoms with Gasteiger partial charge in [0.1, 0.15) is 0 Å². The zero-order valence-corrected chi connectivity index (χ0v) is 9.92. The number of hydrogen-bond acceptors (Lipinski definition) is 3. The van der Waals surface area contributed by atoms with Crippen molar-refractivity contribution < 1.29 is 14.3 Å². The van der Waals surface area contributed by atoms with Gasteiger partial charge in [-0.2, -0.15) is 0 Å². The van der Waals surface area contributed by atoms with Crippen molar-refractivity contribution in [2.75, 3.05) is 6.61 Å². The van der Waals surface area contributed by atoms with Gasteiger partial charge in [-0.3, -0.25) is 9.59 Å². The van der Waals surface area contributed by atoms with E-state index in [9.17, 15) is 9.59 Å². The van der Waals surface area contributed by atoms with E-state index in [1.165, 1.54) is 0 Å². The second kappa shape index (κ2) is 3.98. The summed E-state index contributed by atoms with van der Waals surface area (Å²) in [4.78, 5) is 24.1. The average molecular weight is 220 g/mol. The molecular weight excluding hydrogens is 204 g/mol. The Morgan fingerprint density at radius 1 is 1.00 bits per heavy atom. The number of rotatable bonds is 1. The molecule has 86 valence electrons. The number of Topliss-reactive ketones (excluding diaryl/α,β-unsaturated/α-hetero) is 2. The van der Waals surface area contributed by atoms with E-state index in [0.717, 1.165) is 12.8 Å². The van der Waals surface area contributed by atoms with Gasteiger partial charge in [0.25, 0.3) is 0 Å². The summed E-state index contributed by atoms with van der Waals surface area (Å²) >= 11 is 0. The minimum absolute atomic E-state index is 0.0115. The van der Waals surface area contributed by atoms with Crippen molar-refractivity contribution in [3.05, 3.63) is 22.3 Å². The first-order chi connectivity index (χ1) is 7.54. The number of carbonyl (C=O) groups is 2. The fourth-order valence-electron chi connectivity index (χ4n) is 2.31. The molecule has 0 bridgehead atoms. The molecule has 1 aliphatic heterocycles. The summed E-state index contributed by atoms with van der Waals surface area (Å²) in [6, 6.07) is 0. The third-order valence-electron chi connectivity index (χ3n) is 3.48. The van der Waals surface area contributed by atoms with E-state index >= 15 is 0 Å². The first kappa shape index (κ1) is 11.3. The van der Waals surface area contributed by atoms with E-state index in [2.05, 4.69) is 0 Å². The van der Waals surface area contributed by atoms with Crippen LogP contribution in [0.4, 0.5) is 0 Å². The van der Waals surface area contributed by atoms with E-state index in [1.807, 2.05) is 0 Å². The molecule has 0 amide bonds. The number of allylic oxidation sites excluding steroid dienone is 3. The van der Waals surface area contributed by atoms with Crippen LogP contribution in [0.2, 0.25) is 0 Å². The molecular formula is C13H16O3. The molecule has 3 heteroatoms. The summed E-state index contributed by atoms with van der Waals surface area (Å²) in [6.45, 7) is 5.85. The zero-order valence-electron chi connectivity index (χ0n) is 9.92. The summed E-state index contributed by atoms with van der Waals surface area (Å²) in [6.07, 6.45) is 1.64. The molecule has 1 heterocycles. The van der Waals surface area contributed by atoms with Gasteiger partial charge in [-0.1, -0.05) is 0 Å². The number of ketones is 2. The lowest BCUT2D eigenvalue weighted by atomic mass is 9.83. The normalized spacial score (nSPS) is 27.1. The molecule has 2 aliphatic rings. The van der Waals surface area contributed by atoms with Gasteiger partial charge in [-0.15, -0.1) is 0 Å². The van der Waals surface area contributed by atoms with Crippen LogP contribution >= 0.6 is 0 Å². The van der Waals surface area contributed by atoms with Crippen LogP contribution in [0.15, 0.2) is 22.3 Å². The number of hydrogen-bond donors (Lipinski definition) is 0. The second-order valence-electron chi connectivity index (χ2n) is 4.45. The van der Waals surface area contributed by atoms with Crippen molar-refractivity contribution in [1.82, 2.24) is 0 Å². The second-order valence-corrected chi connectivity index (χ2v) is 4.45. The molecule has 1 saturated heterocycles. The highest BCUT2D eigenvalue weighted by Crippen LogP contribution is 2.31. The SMILES string of the molecule is CC1=C(C)C(=O)C(C2CCCO2)=C(C)C1=O. The number of carbonyl (C=O) groups excluding carboxylic acids is 2. The van der Waals surface area contributed by atoms with E-state index in [0.29, 0.717) is 28.9 Å². The van der Waals surface area contributed by atoms with Gasteiger partial charge >= 0.3 is 0 Å². The van der Waals surface area contributed by atoms with Crippen molar-refractivity contribution in [1.29, 1.82) is 0 Å². The molecule has 0 saturated carbocycles. The third-order valence-corrected chi connectivity index (χ3v) is 3.48. The lowest BCUT2D eigenvalue weighted by Crippen LogP contribution is -2.27. The Bertz CT molecular complexity index is 420. The zero-order chi connectivity index (χ0) is 11.9. The Hall–Kier alpha value is -1.22. The molecule has 1 unspecified atom stereocenters. The van der Waals surface area contributed by atoms with Gasteiger partial charge in [0, 0.05) is 28.9 Å². The molecule has 0 aromatic heterocycles. The van der Waals surface area contributed by atoms with Crippen LogP contribution in [0.3, 0.4) is 0 Å². The van der Waals surface area contributed by atoms with Gasteiger partial charge in [0.2, 0.25) is 0 Å². The topological polar surface area (TPSA) is 43.4 Å². The van der Waals surface area contributed by atoms with Crippen molar-refractivity contribution in [3.63, 3.8) is 0 Å². The number of ether oxygens (including phenoxy) is 1. The maximum absolute atomic E-state index is 12.1. The Kier molecular flexibility index (Phi) is 2.80. The van der Waals surface area contributed by atoms with Crippen LogP contribution in [-0.4, -0.2) is 24.3 Å². The van der Waals surface area contributed by atoms with E-state index in [4.69, 9.17) is 4.74 Å². The van der Waals surface area contributed by atoms with Crippen molar-refractivity contribution in [2.24, 2.45) is 0 Å². The molecule has 3 nitrogen and oxygen atoms in total. The summed E-state index contributed by atoms with van der Waals surface area (Å²) < 4.78 is 5.51. The largest absolute Gasteiger partial charge is 0.373 e. The molecule has 16 heavy (non-hydrogen) atoms. The van der Waals surface area contributed by atoms with Gasteiger partial charge in [-0.05, 0) is 33.6 Å². The first-order valence-electron chi connectivity index (χ1n) is 5.63. The molecule has 0 spiro atoms. The molecule has 1 aliphatic carbocycles. The molecule has 1 fully saturated rings. The van der Waals surface area contributed by atoms with E-state index in [1.54, 1.807) is 20.8 Å². The summed E-state index contributed by atoms with van der Waals surface area (Å²) in [7, 11) is 0. The quantitative estimate of drug-likeness (QED) is 0.634. The highest BCUT2D eigenvalue weighted by molar-refractivity contribution is 6.24. The van der Waals surface area contributed by atoms with Crippen LogP contribution in [0.1, 0.15) is 33.6 Å². The highest BCUT2D eigenvalue weighted by atomic mass is 16.5. The lowest BCUT2D eigenvalue weighted by molar-refractivity contribution is -0.117. The predicted molar refractivity (Wildman–Crippen MR) is 60.1 cm³/mol. The molecule has 0 aromatic carbocycles. The fraction of sp³-hybridized carbons (Fsp3) is 0.538. The molecule has 0 radical (unpaired) electrons. The minimum Gasteiger partial charge on any atom is -0.373 e. The molecule has 1 atom stereocenters. The Balaban J connectivity index is 2.44. The first-order valence-corrected chi connectivity index (χ1v) is 5.63. The standard InChI is InChI=1S/C13H16O3/c1-7-8(2)13(15)11(9(3)12(7)14)10-5-4-6-16-10/h10H,4-6H2,1-3H3. The third kappa shape index (κ3) is 1.55. The van der Waals surface area contributed by atoms with E-state index in [-0.39, 0.29) is 17.7 Å². The van der Waals surface area contributed by atoms with Crippen molar-refractivity contribution in [2.45, 2.75) is 39.7 Å². The van der Waals surface area contributed by atoms with Crippen LogP contribution in [0.5, 0.6) is 0 Å². The smallest absolute Gasteiger partial charge is 0.188 e. The van der Waals surface area contributed by atoms with E-state index < -0.39 is 0 Å². The summed E-state index contributed by atoms with van der Waals surface area (Å²) in [5.41, 5.74) is 2.30. The van der Waals surface area contributed by atoms with Crippen LogP contribution in [-0.2, 0) is 14.3 Å². The van der Waals surface area contributed by atoms with Gasteiger partial charge in [0.05, 0.1) is 6.10 Å². The van der Waals surface area contributed by atoms with Crippen molar-refractivity contribution >= 4 is 11.6 Å². The highest BCUT2D eigenvalue weighted by Gasteiger charge is 2.34. The Morgan fingerprint density at radius 3 is 2.19 bits per heavy atom. The summed E-state index contributed by atoms with van der Waals surface area (Å²) in [5, 5.41) is 0. The van der Waals surface area contributed by atoms with Crippen LogP contribution in [0.25, 0.3) is 0 Å². The maximum atomic E-state index is 12.1. The Labute approximate surface area is 95.2 Å². The molecule has 0 aromatic rings. The summed E-state index contributed by atoms with van der Waals surface area (Å²) in [5.74, 6) is -0.0240. The maximum Gasteiger partial charge on any atom is 0.188 e. The van der Waals surface area contributed by atoms with Gasteiger partial charge in [0.15, 0.2) is 11.6 Å². The monoisotopic (exact) mass is 220 g/mol. The predicted octanol–water partition coefficient (Wildman–Crippen LogP) is 1.97. The fourth-order valence-corrected chi connectivity index (χ4v) is 2.31. The average Bonchev–Trinajstić information content (AvgIpc) is 2.77. The Morgan fingerprint density at radius 2 is 1.62 bits per heavy atom. The minimum atomic E-state index is -0.167. The van der Waals surface area contributed by atoms with Crippen molar-refractivity contribution in [3.8, 4) is 0 Å². The van der Waals surface area contributed by atoms with Gasteiger partial charge < -0.3 is 4.74 Å². The van der Waals surface area contributed by atoms with Gasteiger partial charge in [-0.25, -0.2) is 0 Å². The molecule has 0 N–H and O–H groups in total. The van der Waals surface area contributed by atoms with Crippen LogP contribution in [0, 0.1) is 0 Å². The molecule has 2 rings (SSSR count). The van der Waals surface area contributed by atoms with Crippen LogP contribution < -0.4 is 0 Å².